The van der Waals surface area contributed by atoms with Gasteiger partial charge in [0.2, 0.25) is 0 Å². The molecule has 0 amide bonds. The zero-order valence-electron chi connectivity index (χ0n) is 15.8. The summed E-state index contributed by atoms with van der Waals surface area (Å²) in [6, 6.07) is 20.2. The van der Waals surface area contributed by atoms with Gasteiger partial charge in [-0.05, 0) is 31.4 Å². The van der Waals surface area contributed by atoms with E-state index in [4.69, 9.17) is 4.74 Å². The van der Waals surface area contributed by atoms with Crippen molar-refractivity contribution >= 4 is 0 Å². The van der Waals surface area contributed by atoms with E-state index in [0.29, 0.717) is 19.6 Å². The highest BCUT2D eigenvalue weighted by Crippen LogP contribution is 2.22. The van der Waals surface area contributed by atoms with Crippen LogP contribution in [0.5, 0.6) is 0 Å². The van der Waals surface area contributed by atoms with Crippen molar-refractivity contribution in [3.8, 4) is 0 Å². The average Bonchev–Trinajstić information content (AvgIpc) is 2.63. The minimum atomic E-state index is -0.583. The number of ether oxygens (including phenoxy) is 1. The van der Waals surface area contributed by atoms with Crippen LogP contribution in [-0.4, -0.2) is 46.5 Å². The number of aliphatic hydroxyl groups excluding tert-OH is 2. The van der Waals surface area contributed by atoms with Gasteiger partial charge in [-0.15, -0.1) is 0 Å². The van der Waals surface area contributed by atoms with Gasteiger partial charge in [0, 0.05) is 25.2 Å². The lowest BCUT2D eigenvalue weighted by Crippen LogP contribution is -2.48. The summed E-state index contributed by atoms with van der Waals surface area (Å²) in [5.74, 6) is 0. The van der Waals surface area contributed by atoms with Crippen molar-refractivity contribution in [1.82, 2.24) is 4.90 Å². The minimum Gasteiger partial charge on any atom is -0.396 e. The van der Waals surface area contributed by atoms with Gasteiger partial charge in [0.1, 0.15) is 0 Å². The number of hydrogen-bond donors (Lipinski definition) is 2. The Hall–Kier alpha value is -1.72. The molecule has 0 aliphatic carbocycles. The smallest absolute Gasteiger partial charge is 0.0900 e. The number of benzene rings is 2. The monoisotopic (exact) mass is 357 g/mol. The van der Waals surface area contributed by atoms with E-state index in [1.54, 1.807) is 0 Å². The largest absolute Gasteiger partial charge is 0.396 e. The van der Waals surface area contributed by atoms with E-state index >= 15 is 0 Å². The highest BCUT2D eigenvalue weighted by Gasteiger charge is 2.28. The molecule has 0 saturated heterocycles. The molecule has 26 heavy (non-hydrogen) atoms. The first-order valence-corrected chi connectivity index (χ1v) is 9.21. The zero-order valence-corrected chi connectivity index (χ0v) is 15.8. The normalized spacial score (nSPS) is 13.1. The summed E-state index contributed by atoms with van der Waals surface area (Å²) in [6.45, 7) is 6.33. The Kier molecular flexibility index (Phi) is 8.26. The number of rotatable bonds is 11. The van der Waals surface area contributed by atoms with Crippen molar-refractivity contribution in [2.24, 2.45) is 0 Å². The maximum Gasteiger partial charge on any atom is 0.0900 e. The van der Waals surface area contributed by atoms with E-state index < -0.39 is 6.10 Å². The number of aliphatic hydroxyl groups is 2. The Morgan fingerprint density at radius 3 is 2.12 bits per heavy atom. The summed E-state index contributed by atoms with van der Waals surface area (Å²) < 4.78 is 5.68. The van der Waals surface area contributed by atoms with Crippen LogP contribution in [0, 0.1) is 0 Å². The molecule has 4 nitrogen and oxygen atoms in total. The van der Waals surface area contributed by atoms with Gasteiger partial charge in [-0.2, -0.15) is 0 Å². The van der Waals surface area contributed by atoms with Gasteiger partial charge in [-0.25, -0.2) is 0 Å². The van der Waals surface area contributed by atoms with Crippen LogP contribution < -0.4 is 0 Å². The first kappa shape index (κ1) is 20.6. The molecule has 0 aliphatic heterocycles. The maximum absolute atomic E-state index is 10.5. The van der Waals surface area contributed by atoms with Crippen molar-refractivity contribution in [3.63, 3.8) is 0 Å². The van der Waals surface area contributed by atoms with Crippen molar-refractivity contribution in [2.45, 2.75) is 45.1 Å². The van der Waals surface area contributed by atoms with E-state index in [-0.39, 0.29) is 18.8 Å². The van der Waals surface area contributed by atoms with E-state index in [2.05, 4.69) is 30.9 Å². The molecule has 0 fully saturated rings. The second kappa shape index (κ2) is 10.4. The number of hydrogen-bond acceptors (Lipinski definition) is 4. The Morgan fingerprint density at radius 2 is 1.54 bits per heavy atom. The van der Waals surface area contributed by atoms with Crippen molar-refractivity contribution in [2.75, 3.05) is 19.8 Å². The minimum absolute atomic E-state index is 0.124. The Bertz CT molecular complexity index is 616. The van der Waals surface area contributed by atoms with Gasteiger partial charge in [0.15, 0.2) is 0 Å². The third kappa shape index (κ3) is 6.89. The fourth-order valence-corrected chi connectivity index (χ4v) is 2.96. The van der Waals surface area contributed by atoms with Crippen molar-refractivity contribution < 1.29 is 14.9 Å². The van der Waals surface area contributed by atoms with Gasteiger partial charge in [-0.1, -0.05) is 60.7 Å². The summed E-state index contributed by atoms with van der Waals surface area (Å²) in [5.41, 5.74) is 2.07. The van der Waals surface area contributed by atoms with E-state index in [1.165, 1.54) is 5.56 Å². The highest BCUT2D eigenvalue weighted by atomic mass is 16.5. The summed E-state index contributed by atoms with van der Waals surface area (Å²) in [5, 5.41) is 19.9. The molecule has 2 aromatic carbocycles. The lowest BCUT2D eigenvalue weighted by atomic mass is 9.97. The van der Waals surface area contributed by atoms with E-state index in [0.717, 1.165) is 12.1 Å². The summed E-state index contributed by atoms with van der Waals surface area (Å²) in [7, 11) is 0. The van der Waals surface area contributed by atoms with Crippen LogP contribution in [0.3, 0.4) is 0 Å². The maximum atomic E-state index is 10.5. The predicted molar refractivity (Wildman–Crippen MR) is 105 cm³/mol. The van der Waals surface area contributed by atoms with Crippen LogP contribution in [0.4, 0.5) is 0 Å². The molecule has 0 unspecified atom stereocenters. The van der Waals surface area contributed by atoms with E-state index in [1.807, 2.05) is 48.5 Å². The SMILES string of the molecule is CC(C)(CCO)N(Cc1ccccc1)C[C@H](O)COCc1ccccc1. The van der Waals surface area contributed by atoms with Crippen LogP contribution in [0.15, 0.2) is 60.7 Å². The number of nitrogens with zero attached hydrogens (tertiary/aromatic N) is 1. The molecule has 142 valence electrons. The van der Waals surface area contributed by atoms with Crippen LogP contribution in [0.25, 0.3) is 0 Å². The molecule has 0 heterocycles. The Balaban J connectivity index is 1.91. The first-order chi connectivity index (χ1) is 12.5. The quantitative estimate of drug-likeness (QED) is 0.648. The third-order valence-electron chi connectivity index (χ3n) is 4.65. The fraction of sp³-hybridized carbons (Fsp3) is 0.455. The van der Waals surface area contributed by atoms with Gasteiger partial charge in [0.25, 0.3) is 0 Å². The molecule has 0 radical (unpaired) electrons. The van der Waals surface area contributed by atoms with Gasteiger partial charge >= 0.3 is 0 Å². The topological polar surface area (TPSA) is 52.9 Å². The molecule has 1 atom stereocenters. The second-order valence-corrected chi connectivity index (χ2v) is 7.31. The highest BCUT2D eigenvalue weighted by molar-refractivity contribution is 5.15. The molecule has 2 rings (SSSR count). The molecular formula is C22H31NO3. The van der Waals surface area contributed by atoms with Crippen LogP contribution in [0.1, 0.15) is 31.4 Å². The lowest BCUT2D eigenvalue weighted by Gasteiger charge is -2.39. The molecular weight excluding hydrogens is 326 g/mol. The third-order valence-corrected chi connectivity index (χ3v) is 4.65. The summed E-state index contributed by atoms with van der Waals surface area (Å²) in [6.07, 6.45) is 0.0673. The predicted octanol–water partition coefficient (Wildman–Crippen LogP) is 3.23. The van der Waals surface area contributed by atoms with Crippen molar-refractivity contribution in [1.29, 1.82) is 0 Å². The van der Waals surface area contributed by atoms with Crippen LogP contribution in [0.2, 0.25) is 0 Å². The molecule has 2 aromatic rings. The van der Waals surface area contributed by atoms with E-state index in [9.17, 15) is 10.2 Å². The Morgan fingerprint density at radius 1 is 0.962 bits per heavy atom. The molecule has 2 N–H and O–H groups in total. The zero-order chi connectivity index (χ0) is 18.8. The molecule has 0 saturated carbocycles. The van der Waals surface area contributed by atoms with Crippen LogP contribution in [-0.2, 0) is 17.9 Å². The standard InChI is InChI=1S/C22H31NO3/c1-22(2,13-14-24)23(15-19-9-5-3-6-10-19)16-21(25)18-26-17-20-11-7-4-8-12-20/h3-12,21,24-25H,13-18H2,1-2H3/t21-/m0/s1. The first-order valence-electron chi connectivity index (χ1n) is 9.21. The summed E-state index contributed by atoms with van der Waals surface area (Å²) >= 11 is 0. The summed E-state index contributed by atoms with van der Waals surface area (Å²) in [4.78, 5) is 2.22. The van der Waals surface area contributed by atoms with Crippen molar-refractivity contribution in [3.05, 3.63) is 71.8 Å². The molecule has 0 spiro atoms. The van der Waals surface area contributed by atoms with Crippen LogP contribution >= 0.6 is 0 Å². The fourth-order valence-electron chi connectivity index (χ4n) is 2.96. The van der Waals surface area contributed by atoms with Gasteiger partial charge < -0.3 is 14.9 Å². The molecule has 0 bridgehead atoms. The number of β-amino-alcohol motifs (C(OH)–C–C–N with tert-alkyl or cyclic N) is 1. The van der Waals surface area contributed by atoms with Gasteiger partial charge in [-0.3, -0.25) is 4.90 Å². The molecule has 0 aromatic heterocycles. The Labute approximate surface area is 157 Å². The second-order valence-electron chi connectivity index (χ2n) is 7.31. The lowest BCUT2D eigenvalue weighted by molar-refractivity contribution is -0.0177. The molecule has 0 aliphatic rings. The van der Waals surface area contributed by atoms with Gasteiger partial charge in [0.05, 0.1) is 19.3 Å². The average molecular weight is 357 g/mol. The molecule has 4 heteroatoms.